The molecule has 1 atom stereocenters. The summed E-state index contributed by atoms with van der Waals surface area (Å²) in [6.07, 6.45) is 6.05. The van der Waals surface area contributed by atoms with Crippen LogP contribution in [0.1, 0.15) is 27.2 Å². The van der Waals surface area contributed by atoms with Gasteiger partial charge in [0.15, 0.2) is 9.84 Å². The molecule has 0 aromatic carbocycles. The van der Waals surface area contributed by atoms with E-state index in [2.05, 4.69) is 11.2 Å². The Hall–Kier alpha value is -0.530. The summed E-state index contributed by atoms with van der Waals surface area (Å²) in [6, 6.07) is -0.0163. The van der Waals surface area contributed by atoms with Crippen molar-refractivity contribution in [1.82, 2.24) is 5.32 Å². The lowest BCUT2D eigenvalue weighted by atomic mass is 10.2. The number of sulfone groups is 1. The zero-order valence-electron chi connectivity index (χ0n) is 9.08. The van der Waals surface area contributed by atoms with E-state index >= 15 is 0 Å². The highest BCUT2D eigenvalue weighted by Crippen LogP contribution is 1.99. The van der Waals surface area contributed by atoms with Gasteiger partial charge in [-0.05, 0) is 20.3 Å². The van der Waals surface area contributed by atoms with Crippen LogP contribution in [0.5, 0.6) is 0 Å². The van der Waals surface area contributed by atoms with Gasteiger partial charge in [-0.2, -0.15) is 0 Å². The van der Waals surface area contributed by atoms with Crippen molar-refractivity contribution >= 4 is 9.84 Å². The summed E-state index contributed by atoms with van der Waals surface area (Å²) in [5.74, 6) is 2.72. The molecule has 0 aliphatic carbocycles. The first-order valence-electron chi connectivity index (χ1n) is 4.85. The van der Waals surface area contributed by atoms with E-state index in [0.29, 0.717) is 6.54 Å². The number of hydrogen-bond donors (Lipinski definition) is 1. The Morgan fingerprint density at radius 3 is 2.36 bits per heavy atom. The van der Waals surface area contributed by atoms with Gasteiger partial charge in [0.05, 0.1) is 17.0 Å². The van der Waals surface area contributed by atoms with Crippen molar-refractivity contribution in [2.75, 3.05) is 12.3 Å². The molecule has 0 bridgehead atoms. The highest BCUT2D eigenvalue weighted by atomic mass is 32.2. The molecule has 0 fully saturated rings. The van der Waals surface area contributed by atoms with Crippen LogP contribution in [0, 0.1) is 12.3 Å². The lowest BCUT2D eigenvalue weighted by molar-refractivity contribution is 0.572. The molecular formula is C10H19NO2S. The molecule has 0 spiro atoms. The Balaban J connectivity index is 3.92. The van der Waals surface area contributed by atoms with Crippen LogP contribution in [-0.4, -0.2) is 32.0 Å². The van der Waals surface area contributed by atoms with Crippen LogP contribution in [-0.2, 0) is 9.84 Å². The molecule has 0 aromatic heterocycles. The van der Waals surface area contributed by atoms with Crippen LogP contribution in [0.3, 0.4) is 0 Å². The zero-order chi connectivity index (χ0) is 11.2. The standard InChI is InChI=1S/C10H19NO2S/c1-5-10(6-2)11-7-8-14(12,13)9(3)4/h1,9-11H,6-8H2,2-4H3. The third kappa shape index (κ3) is 4.64. The van der Waals surface area contributed by atoms with Gasteiger partial charge < -0.3 is 5.32 Å². The van der Waals surface area contributed by atoms with Gasteiger partial charge in [-0.15, -0.1) is 6.42 Å². The van der Waals surface area contributed by atoms with Crippen molar-refractivity contribution in [2.24, 2.45) is 0 Å². The molecule has 0 heterocycles. The first-order valence-corrected chi connectivity index (χ1v) is 6.56. The molecule has 4 heteroatoms. The van der Waals surface area contributed by atoms with Gasteiger partial charge in [0.1, 0.15) is 0 Å². The van der Waals surface area contributed by atoms with Gasteiger partial charge >= 0.3 is 0 Å². The topological polar surface area (TPSA) is 46.2 Å². The molecule has 0 saturated carbocycles. The highest BCUT2D eigenvalue weighted by Gasteiger charge is 2.15. The molecule has 0 radical (unpaired) electrons. The summed E-state index contributed by atoms with van der Waals surface area (Å²) in [6.45, 7) is 5.78. The summed E-state index contributed by atoms with van der Waals surface area (Å²) in [5.41, 5.74) is 0. The number of rotatable bonds is 6. The summed E-state index contributed by atoms with van der Waals surface area (Å²) >= 11 is 0. The van der Waals surface area contributed by atoms with Crippen LogP contribution in [0.4, 0.5) is 0 Å². The SMILES string of the molecule is C#CC(CC)NCCS(=O)(=O)C(C)C. The maximum atomic E-state index is 11.4. The van der Waals surface area contributed by atoms with E-state index in [1.54, 1.807) is 13.8 Å². The largest absolute Gasteiger partial charge is 0.303 e. The predicted molar refractivity (Wildman–Crippen MR) is 59.8 cm³/mol. The Morgan fingerprint density at radius 2 is 2.00 bits per heavy atom. The van der Waals surface area contributed by atoms with E-state index in [1.807, 2.05) is 6.92 Å². The Kier molecular flexibility index (Phi) is 5.82. The van der Waals surface area contributed by atoms with Gasteiger partial charge in [-0.25, -0.2) is 8.42 Å². The monoisotopic (exact) mass is 217 g/mol. The predicted octanol–water partition coefficient (Wildman–Crippen LogP) is 0.811. The minimum absolute atomic E-state index is 0.0163. The van der Waals surface area contributed by atoms with E-state index in [1.165, 1.54) is 0 Å². The quantitative estimate of drug-likeness (QED) is 0.670. The summed E-state index contributed by atoms with van der Waals surface area (Å²) in [7, 11) is -2.94. The fourth-order valence-corrected chi connectivity index (χ4v) is 1.81. The van der Waals surface area contributed by atoms with Gasteiger partial charge in [0, 0.05) is 6.54 Å². The first kappa shape index (κ1) is 13.5. The van der Waals surface area contributed by atoms with E-state index in [-0.39, 0.29) is 17.0 Å². The van der Waals surface area contributed by atoms with Crippen LogP contribution in [0.15, 0.2) is 0 Å². The maximum Gasteiger partial charge on any atom is 0.153 e. The third-order valence-corrected chi connectivity index (χ3v) is 4.31. The summed E-state index contributed by atoms with van der Waals surface area (Å²) in [5, 5.41) is 2.70. The van der Waals surface area contributed by atoms with Crippen molar-refractivity contribution in [1.29, 1.82) is 0 Å². The second-order valence-corrected chi connectivity index (χ2v) is 6.17. The lowest BCUT2D eigenvalue weighted by Crippen LogP contribution is -2.33. The van der Waals surface area contributed by atoms with E-state index in [0.717, 1.165) is 6.42 Å². The van der Waals surface area contributed by atoms with Gasteiger partial charge in [-0.1, -0.05) is 12.8 Å². The molecule has 0 saturated heterocycles. The Labute approximate surface area is 87.2 Å². The minimum atomic E-state index is -2.94. The molecule has 0 rings (SSSR count). The van der Waals surface area contributed by atoms with Crippen molar-refractivity contribution in [2.45, 2.75) is 38.5 Å². The molecule has 0 aliphatic heterocycles. The maximum absolute atomic E-state index is 11.4. The summed E-state index contributed by atoms with van der Waals surface area (Å²) < 4.78 is 22.8. The fraction of sp³-hybridized carbons (Fsp3) is 0.800. The van der Waals surface area contributed by atoms with Crippen molar-refractivity contribution in [3.8, 4) is 12.3 Å². The molecule has 3 nitrogen and oxygen atoms in total. The average Bonchev–Trinajstić information content (AvgIpc) is 2.12. The van der Waals surface area contributed by atoms with E-state index < -0.39 is 9.84 Å². The first-order chi connectivity index (χ1) is 6.44. The Morgan fingerprint density at radius 1 is 1.43 bits per heavy atom. The second-order valence-electron chi connectivity index (χ2n) is 3.50. The Bertz CT molecular complexity index is 288. The summed E-state index contributed by atoms with van der Waals surface area (Å²) in [4.78, 5) is 0. The van der Waals surface area contributed by atoms with Crippen molar-refractivity contribution in [3.05, 3.63) is 0 Å². The van der Waals surface area contributed by atoms with Crippen LogP contribution in [0.25, 0.3) is 0 Å². The van der Waals surface area contributed by atoms with E-state index in [9.17, 15) is 8.42 Å². The highest BCUT2D eigenvalue weighted by molar-refractivity contribution is 7.92. The third-order valence-electron chi connectivity index (χ3n) is 2.10. The molecule has 1 N–H and O–H groups in total. The van der Waals surface area contributed by atoms with Crippen LogP contribution >= 0.6 is 0 Å². The molecule has 0 aromatic rings. The lowest BCUT2D eigenvalue weighted by Gasteiger charge is -2.11. The molecule has 1 unspecified atom stereocenters. The van der Waals surface area contributed by atoms with Gasteiger partial charge in [0.2, 0.25) is 0 Å². The molecule has 0 aliphatic rings. The zero-order valence-corrected chi connectivity index (χ0v) is 9.89. The van der Waals surface area contributed by atoms with Crippen molar-refractivity contribution in [3.63, 3.8) is 0 Å². The molecule has 82 valence electrons. The van der Waals surface area contributed by atoms with Crippen LogP contribution < -0.4 is 5.32 Å². The van der Waals surface area contributed by atoms with Gasteiger partial charge in [0.25, 0.3) is 0 Å². The number of hydrogen-bond acceptors (Lipinski definition) is 3. The smallest absolute Gasteiger partial charge is 0.153 e. The molecular weight excluding hydrogens is 198 g/mol. The molecule has 14 heavy (non-hydrogen) atoms. The van der Waals surface area contributed by atoms with Gasteiger partial charge in [-0.3, -0.25) is 0 Å². The minimum Gasteiger partial charge on any atom is -0.303 e. The number of terminal acetylenes is 1. The normalized spacial score (nSPS) is 13.9. The number of nitrogens with one attached hydrogen (secondary N) is 1. The second kappa shape index (κ2) is 6.05. The average molecular weight is 217 g/mol. The molecule has 0 amide bonds. The van der Waals surface area contributed by atoms with E-state index in [4.69, 9.17) is 6.42 Å². The van der Waals surface area contributed by atoms with Crippen molar-refractivity contribution < 1.29 is 8.42 Å². The van der Waals surface area contributed by atoms with Crippen LogP contribution in [0.2, 0.25) is 0 Å². The fourth-order valence-electron chi connectivity index (χ4n) is 0.932.